The molecule has 0 bridgehead atoms. The van der Waals surface area contributed by atoms with Gasteiger partial charge in [-0.1, -0.05) is 12.1 Å². The Morgan fingerprint density at radius 2 is 2.05 bits per heavy atom. The van der Waals surface area contributed by atoms with E-state index in [0.29, 0.717) is 5.52 Å². The lowest BCUT2D eigenvalue weighted by Crippen LogP contribution is -1.97. The number of aromatic carboxylic acids is 1. The maximum Gasteiger partial charge on any atom is 0.356 e. The molecule has 0 aliphatic heterocycles. The highest BCUT2D eigenvalue weighted by Gasteiger charge is 2.19. The van der Waals surface area contributed by atoms with Gasteiger partial charge in [0, 0.05) is 6.20 Å². The lowest BCUT2D eigenvalue weighted by molar-refractivity contribution is 0.0693. The SMILES string of the molecule is Cc1ccn2c(-c3ccccc3F)nc(C(=O)O)c2c1. The summed E-state index contributed by atoms with van der Waals surface area (Å²) in [5, 5.41) is 9.23. The summed E-state index contributed by atoms with van der Waals surface area (Å²) in [4.78, 5) is 15.4. The zero-order valence-electron chi connectivity index (χ0n) is 10.7. The van der Waals surface area contributed by atoms with Crippen LogP contribution in [0.2, 0.25) is 0 Å². The van der Waals surface area contributed by atoms with Gasteiger partial charge < -0.3 is 5.11 Å². The fourth-order valence-electron chi connectivity index (χ4n) is 2.18. The molecule has 4 nitrogen and oxygen atoms in total. The molecular formula is C15H11FN2O2. The Morgan fingerprint density at radius 3 is 2.75 bits per heavy atom. The molecule has 0 aliphatic carbocycles. The lowest BCUT2D eigenvalue weighted by Gasteiger charge is -2.03. The average Bonchev–Trinajstić information content (AvgIpc) is 2.78. The maximum absolute atomic E-state index is 13.9. The van der Waals surface area contributed by atoms with Crippen molar-refractivity contribution in [2.24, 2.45) is 0 Å². The molecule has 0 unspecified atom stereocenters. The number of halogens is 1. The number of aromatic nitrogens is 2. The summed E-state index contributed by atoms with van der Waals surface area (Å²) in [6, 6.07) is 9.72. The standard InChI is InChI=1S/C15H11FN2O2/c1-9-6-7-18-12(8-9)13(15(19)20)17-14(18)10-4-2-3-5-11(10)16/h2-8H,1H3,(H,19,20). The Balaban J connectivity index is 2.38. The van der Waals surface area contributed by atoms with Crippen molar-refractivity contribution in [3.63, 3.8) is 0 Å². The molecule has 3 rings (SSSR count). The molecule has 20 heavy (non-hydrogen) atoms. The molecule has 0 aliphatic rings. The molecule has 3 aromatic rings. The van der Waals surface area contributed by atoms with Crippen LogP contribution >= 0.6 is 0 Å². The van der Waals surface area contributed by atoms with E-state index in [9.17, 15) is 14.3 Å². The van der Waals surface area contributed by atoms with Crippen LogP contribution in [-0.2, 0) is 0 Å². The minimum Gasteiger partial charge on any atom is -0.476 e. The van der Waals surface area contributed by atoms with Crippen LogP contribution in [0.15, 0.2) is 42.6 Å². The third-order valence-electron chi connectivity index (χ3n) is 3.12. The van der Waals surface area contributed by atoms with Crippen molar-refractivity contribution in [3.05, 3.63) is 59.7 Å². The summed E-state index contributed by atoms with van der Waals surface area (Å²) in [6.07, 6.45) is 1.70. The summed E-state index contributed by atoms with van der Waals surface area (Å²) in [5.74, 6) is -1.27. The van der Waals surface area contributed by atoms with E-state index in [4.69, 9.17) is 0 Å². The van der Waals surface area contributed by atoms with Crippen molar-refractivity contribution in [2.75, 3.05) is 0 Å². The van der Waals surface area contributed by atoms with E-state index in [1.807, 2.05) is 13.0 Å². The topological polar surface area (TPSA) is 54.6 Å². The molecule has 2 heterocycles. The van der Waals surface area contributed by atoms with E-state index in [0.717, 1.165) is 5.56 Å². The number of carboxylic acid groups (broad SMARTS) is 1. The van der Waals surface area contributed by atoms with Crippen LogP contribution in [-0.4, -0.2) is 20.5 Å². The molecule has 0 spiro atoms. The first kappa shape index (κ1) is 12.3. The van der Waals surface area contributed by atoms with Crippen LogP contribution < -0.4 is 0 Å². The van der Waals surface area contributed by atoms with Crippen LogP contribution in [0.1, 0.15) is 16.1 Å². The predicted octanol–water partition coefficient (Wildman–Crippen LogP) is 3.15. The molecule has 1 N–H and O–H groups in total. The van der Waals surface area contributed by atoms with Gasteiger partial charge in [-0.2, -0.15) is 0 Å². The normalized spacial score (nSPS) is 10.9. The largest absolute Gasteiger partial charge is 0.476 e. The van der Waals surface area contributed by atoms with Gasteiger partial charge in [0.2, 0.25) is 0 Å². The van der Waals surface area contributed by atoms with Crippen molar-refractivity contribution in [2.45, 2.75) is 6.92 Å². The first-order valence-corrected chi connectivity index (χ1v) is 6.05. The Hall–Kier alpha value is -2.69. The van der Waals surface area contributed by atoms with Crippen LogP contribution in [0, 0.1) is 12.7 Å². The van der Waals surface area contributed by atoms with Crippen molar-refractivity contribution in [1.82, 2.24) is 9.38 Å². The van der Waals surface area contributed by atoms with E-state index in [-0.39, 0.29) is 17.1 Å². The number of rotatable bonds is 2. The van der Waals surface area contributed by atoms with Crippen molar-refractivity contribution in [1.29, 1.82) is 0 Å². The van der Waals surface area contributed by atoms with Gasteiger partial charge in [0.15, 0.2) is 5.69 Å². The summed E-state index contributed by atoms with van der Waals surface area (Å²) in [6.45, 7) is 1.86. The van der Waals surface area contributed by atoms with Crippen LogP contribution in [0.4, 0.5) is 4.39 Å². The highest BCUT2D eigenvalue weighted by atomic mass is 19.1. The Labute approximate surface area is 114 Å². The second kappa shape index (κ2) is 4.45. The van der Waals surface area contributed by atoms with E-state index in [2.05, 4.69) is 4.98 Å². The fourth-order valence-corrected chi connectivity index (χ4v) is 2.18. The molecular weight excluding hydrogens is 259 g/mol. The fraction of sp³-hybridized carbons (Fsp3) is 0.0667. The average molecular weight is 270 g/mol. The zero-order valence-corrected chi connectivity index (χ0v) is 10.7. The molecule has 0 radical (unpaired) electrons. The highest BCUT2D eigenvalue weighted by Crippen LogP contribution is 2.25. The number of carboxylic acids is 1. The maximum atomic E-state index is 13.9. The summed E-state index contributed by atoms with van der Waals surface area (Å²) in [7, 11) is 0. The Morgan fingerprint density at radius 1 is 1.30 bits per heavy atom. The smallest absolute Gasteiger partial charge is 0.356 e. The summed E-state index contributed by atoms with van der Waals surface area (Å²) in [5.41, 5.74) is 1.57. The van der Waals surface area contributed by atoms with Gasteiger partial charge in [0.1, 0.15) is 11.6 Å². The van der Waals surface area contributed by atoms with Gasteiger partial charge in [-0.25, -0.2) is 14.2 Å². The zero-order chi connectivity index (χ0) is 14.3. The number of benzene rings is 1. The molecule has 0 fully saturated rings. The first-order chi connectivity index (χ1) is 9.58. The van der Waals surface area contributed by atoms with E-state index in [1.54, 1.807) is 34.9 Å². The van der Waals surface area contributed by atoms with Crippen LogP contribution in [0.3, 0.4) is 0 Å². The number of aryl methyl sites for hydroxylation is 1. The monoisotopic (exact) mass is 270 g/mol. The van der Waals surface area contributed by atoms with Crippen molar-refractivity contribution >= 4 is 11.5 Å². The number of hydrogen-bond donors (Lipinski definition) is 1. The van der Waals surface area contributed by atoms with Gasteiger partial charge in [-0.3, -0.25) is 4.40 Å². The van der Waals surface area contributed by atoms with E-state index in [1.165, 1.54) is 6.07 Å². The quantitative estimate of drug-likeness (QED) is 0.778. The minimum absolute atomic E-state index is 0.0769. The summed E-state index contributed by atoms with van der Waals surface area (Å²) >= 11 is 0. The third-order valence-corrected chi connectivity index (χ3v) is 3.12. The van der Waals surface area contributed by atoms with Crippen LogP contribution in [0.25, 0.3) is 16.9 Å². The van der Waals surface area contributed by atoms with Gasteiger partial charge >= 0.3 is 5.97 Å². The number of pyridine rings is 1. The van der Waals surface area contributed by atoms with Gasteiger partial charge in [0.05, 0.1) is 11.1 Å². The number of hydrogen-bond acceptors (Lipinski definition) is 2. The molecule has 0 saturated heterocycles. The van der Waals surface area contributed by atoms with Gasteiger partial charge in [0.25, 0.3) is 0 Å². The van der Waals surface area contributed by atoms with Gasteiger partial charge in [-0.15, -0.1) is 0 Å². The molecule has 1 aromatic carbocycles. The van der Waals surface area contributed by atoms with Crippen LogP contribution in [0.5, 0.6) is 0 Å². The van der Waals surface area contributed by atoms with Gasteiger partial charge in [-0.05, 0) is 36.8 Å². The molecule has 5 heteroatoms. The molecule has 0 amide bonds. The van der Waals surface area contributed by atoms with Crippen molar-refractivity contribution < 1.29 is 14.3 Å². The Bertz CT molecular complexity index is 824. The Kier molecular flexibility index (Phi) is 2.75. The molecule has 2 aromatic heterocycles. The third kappa shape index (κ3) is 1.84. The number of nitrogens with zero attached hydrogens (tertiary/aromatic N) is 2. The second-order valence-electron chi connectivity index (χ2n) is 4.53. The number of fused-ring (bicyclic) bond motifs is 1. The molecule has 0 saturated carbocycles. The second-order valence-corrected chi connectivity index (χ2v) is 4.53. The minimum atomic E-state index is -1.13. The van der Waals surface area contributed by atoms with Crippen molar-refractivity contribution in [3.8, 4) is 11.4 Å². The highest BCUT2D eigenvalue weighted by molar-refractivity contribution is 5.95. The summed E-state index contributed by atoms with van der Waals surface area (Å²) < 4.78 is 15.5. The van der Waals surface area contributed by atoms with E-state index < -0.39 is 11.8 Å². The molecule has 100 valence electrons. The number of carbonyl (C=O) groups is 1. The first-order valence-electron chi connectivity index (χ1n) is 6.05. The molecule has 0 atom stereocenters. The predicted molar refractivity (Wildman–Crippen MR) is 72.3 cm³/mol. The van der Waals surface area contributed by atoms with E-state index >= 15 is 0 Å². The number of imidazole rings is 1. The lowest BCUT2D eigenvalue weighted by atomic mass is 10.2.